The fourth-order valence-electron chi connectivity index (χ4n) is 11.4. The van der Waals surface area contributed by atoms with E-state index < -0.39 is 20.0 Å². The van der Waals surface area contributed by atoms with Crippen molar-refractivity contribution >= 4 is 13.7 Å². The van der Waals surface area contributed by atoms with Crippen molar-refractivity contribution in [3.8, 4) is 0 Å². The van der Waals surface area contributed by atoms with Crippen molar-refractivity contribution in [3.63, 3.8) is 0 Å². The monoisotopic (exact) mass is 1150 g/mol. The van der Waals surface area contributed by atoms with Crippen LogP contribution in [-0.2, 0) is 18.4 Å². The van der Waals surface area contributed by atoms with Crippen molar-refractivity contribution < 1.29 is 32.9 Å². The zero-order valence-electron chi connectivity index (χ0n) is 54.8. The molecule has 3 unspecified atom stereocenters. The highest BCUT2D eigenvalue weighted by molar-refractivity contribution is 7.45. The molecule has 0 radical (unpaired) electrons. The number of phosphoric ester groups is 1. The molecular formula is C71H143N2O6P. The molecule has 0 fully saturated rings. The standard InChI is InChI=1S/C71H143N2O6P/c1-6-8-10-12-14-16-18-20-22-24-26-28-30-31-32-33-34-35-36-37-38-39-40-41-43-45-47-49-51-53-55-57-59-61-63-65-71(75)72-69(68-79-80(76,77)78-67-66-73(3,4)5)70(74)64-62-60-58-56-54-52-50-48-46-44-42-29-27-25-23-21-19-17-15-13-11-9-7-2/h62,64,69-70,74H,6-61,63,65-68H2,1-5H3,(H-,72,75,76,77)/b64-62+. The number of aliphatic hydroxyl groups excluding tert-OH is 1. The number of rotatable bonds is 68. The van der Waals surface area contributed by atoms with Crippen LogP contribution in [0.5, 0.6) is 0 Å². The molecule has 0 aromatic rings. The molecule has 0 heterocycles. The summed E-state index contributed by atoms with van der Waals surface area (Å²) >= 11 is 0. The Balaban J connectivity index is 3.96. The number of unbranched alkanes of at least 4 members (excludes halogenated alkanes) is 55. The number of carbonyl (C=O) groups excluding carboxylic acids is 1. The molecule has 0 aliphatic rings. The highest BCUT2D eigenvalue weighted by Gasteiger charge is 2.23. The minimum Gasteiger partial charge on any atom is -0.756 e. The van der Waals surface area contributed by atoms with Gasteiger partial charge in [-0.2, -0.15) is 0 Å². The van der Waals surface area contributed by atoms with Gasteiger partial charge in [0.2, 0.25) is 5.91 Å². The summed E-state index contributed by atoms with van der Waals surface area (Å²) in [6, 6.07) is -0.884. The zero-order valence-corrected chi connectivity index (χ0v) is 55.7. The van der Waals surface area contributed by atoms with Gasteiger partial charge in [-0.3, -0.25) is 9.36 Å². The average molecular weight is 1150 g/mol. The molecule has 0 saturated carbocycles. The van der Waals surface area contributed by atoms with Gasteiger partial charge < -0.3 is 28.8 Å². The van der Waals surface area contributed by atoms with E-state index in [9.17, 15) is 19.4 Å². The lowest BCUT2D eigenvalue weighted by molar-refractivity contribution is -0.870. The van der Waals surface area contributed by atoms with Gasteiger partial charge in [0.05, 0.1) is 39.9 Å². The Morgan fingerprint density at radius 3 is 0.938 bits per heavy atom. The Hall–Kier alpha value is -0.760. The summed E-state index contributed by atoms with van der Waals surface area (Å²) < 4.78 is 23.5. The van der Waals surface area contributed by atoms with Crippen LogP contribution in [0.1, 0.15) is 386 Å². The van der Waals surface area contributed by atoms with Gasteiger partial charge in [0.15, 0.2) is 0 Å². The van der Waals surface area contributed by atoms with E-state index in [0.717, 1.165) is 38.5 Å². The van der Waals surface area contributed by atoms with E-state index in [1.807, 2.05) is 27.2 Å². The first kappa shape index (κ1) is 79.2. The molecule has 2 N–H and O–H groups in total. The largest absolute Gasteiger partial charge is 0.756 e. The summed E-state index contributed by atoms with van der Waals surface area (Å²) in [5, 5.41) is 14.0. The molecule has 0 spiro atoms. The second-order valence-corrected chi connectivity index (χ2v) is 27.7. The van der Waals surface area contributed by atoms with E-state index in [-0.39, 0.29) is 19.1 Å². The number of quaternary nitrogens is 1. The lowest BCUT2D eigenvalue weighted by Gasteiger charge is -2.29. The van der Waals surface area contributed by atoms with E-state index in [1.54, 1.807) is 6.08 Å². The van der Waals surface area contributed by atoms with Gasteiger partial charge in [0.25, 0.3) is 7.82 Å². The molecule has 0 aromatic carbocycles. The Kier molecular flexibility index (Phi) is 62.2. The minimum absolute atomic E-state index is 0.00299. The van der Waals surface area contributed by atoms with Crippen LogP contribution >= 0.6 is 7.82 Å². The number of allylic oxidation sites excluding steroid dienone is 1. The number of aliphatic hydroxyl groups is 1. The van der Waals surface area contributed by atoms with Crippen LogP contribution in [0.15, 0.2) is 12.2 Å². The van der Waals surface area contributed by atoms with Crippen LogP contribution in [0.3, 0.4) is 0 Å². The van der Waals surface area contributed by atoms with Gasteiger partial charge in [-0.15, -0.1) is 0 Å². The molecule has 0 aromatic heterocycles. The van der Waals surface area contributed by atoms with Crippen LogP contribution < -0.4 is 10.2 Å². The number of phosphoric acid groups is 1. The number of carbonyl (C=O) groups is 1. The lowest BCUT2D eigenvalue weighted by atomic mass is 10.0. The van der Waals surface area contributed by atoms with Crippen LogP contribution in [0, 0.1) is 0 Å². The molecule has 478 valence electrons. The highest BCUT2D eigenvalue weighted by Crippen LogP contribution is 2.38. The molecular weight excluding hydrogens is 1010 g/mol. The van der Waals surface area contributed by atoms with Gasteiger partial charge in [0, 0.05) is 6.42 Å². The maximum absolute atomic E-state index is 13.0. The molecule has 0 bridgehead atoms. The molecule has 0 aliphatic carbocycles. The summed E-state index contributed by atoms with van der Waals surface area (Å²) in [5.74, 6) is -0.187. The summed E-state index contributed by atoms with van der Waals surface area (Å²) in [7, 11) is 1.28. The van der Waals surface area contributed by atoms with Gasteiger partial charge >= 0.3 is 0 Å². The fourth-order valence-corrected chi connectivity index (χ4v) is 12.1. The predicted octanol–water partition coefficient (Wildman–Crippen LogP) is 22.3. The van der Waals surface area contributed by atoms with E-state index >= 15 is 0 Å². The lowest BCUT2D eigenvalue weighted by Crippen LogP contribution is -2.45. The van der Waals surface area contributed by atoms with Crippen LogP contribution in [0.25, 0.3) is 0 Å². The minimum atomic E-state index is -4.60. The van der Waals surface area contributed by atoms with Crippen molar-refractivity contribution in [2.75, 3.05) is 40.9 Å². The first-order chi connectivity index (χ1) is 39.0. The highest BCUT2D eigenvalue weighted by atomic mass is 31.2. The second-order valence-electron chi connectivity index (χ2n) is 26.3. The van der Waals surface area contributed by atoms with E-state index in [4.69, 9.17) is 9.05 Å². The maximum Gasteiger partial charge on any atom is 0.268 e. The van der Waals surface area contributed by atoms with Crippen LogP contribution in [0.2, 0.25) is 0 Å². The van der Waals surface area contributed by atoms with E-state index in [2.05, 4.69) is 19.2 Å². The molecule has 1 amide bonds. The first-order valence-corrected chi connectivity index (χ1v) is 37.5. The number of hydrogen-bond acceptors (Lipinski definition) is 6. The Morgan fingerprint density at radius 2 is 0.675 bits per heavy atom. The van der Waals surface area contributed by atoms with Gasteiger partial charge in [-0.1, -0.05) is 373 Å². The number of nitrogens with one attached hydrogen (secondary N) is 1. The number of amides is 1. The number of hydrogen-bond donors (Lipinski definition) is 2. The zero-order chi connectivity index (χ0) is 58.4. The molecule has 80 heavy (non-hydrogen) atoms. The van der Waals surface area contributed by atoms with Crippen molar-refractivity contribution in [1.82, 2.24) is 5.32 Å². The average Bonchev–Trinajstić information content (AvgIpc) is 3.42. The molecule has 0 saturated heterocycles. The van der Waals surface area contributed by atoms with Crippen molar-refractivity contribution in [2.24, 2.45) is 0 Å². The van der Waals surface area contributed by atoms with Crippen molar-refractivity contribution in [1.29, 1.82) is 0 Å². The Morgan fingerprint density at radius 1 is 0.425 bits per heavy atom. The van der Waals surface area contributed by atoms with E-state index in [1.165, 1.54) is 327 Å². The third kappa shape index (κ3) is 64.8. The normalized spacial score (nSPS) is 13.6. The Bertz CT molecular complexity index is 1310. The topological polar surface area (TPSA) is 108 Å². The third-order valence-corrected chi connectivity index (χ3v) is 18.0. The second kappa shape index (κ2) is 62.8. The molecule has 8 nitrogen and oxygen atoms in total. The predicted molar refractivity (Wildman–Crippen MR) is 349 cm³/mol. The SMILES string of the molecule is CCCCCCCCCCCCCCCCCCCCCCC/C=C/C(O)C(COP(=O)([O-])OCC[N+](C)(C)C)NC(=O)CCCCCCCCCCCCCCCCCCCCCCCCCCCCCCCCCCCCC. The first-order valence-electron chi connectivity index (χ1n) is 36.1. The van der Waals surface area contributed by atoms with Gasteiger partial charge in [-0.25, -0.2) is 0 Å². The summed E-state index contributed by atoms with van der Waals surface area (Å²) in [4.78, 5) is 25.6. The summed E-state index contributed by atoms with van der Waals surface area (Å²) in [5.41, 5.74) is 0. The van der Waals surface area contributed by atoms with Crippen molar-refractivity contribution in [2.45, 2.75) is 398 Å². The van der Waals surface area contributed by atoms with Gasteiger partial charge in [-0.05, 0) is 19.3 Å². The maximum atomic E-state index is 13.0. The molecule has 0 aliphatic heterocycles. The Labute approximate surface area is 501 Å². The summed E-state index contributed by atoms with van der Waals surface area (Å²) in [6.07, 6.45) is 80.6. The van der Waals surface area contributed by atoms with E-state index in [0.29, 0.717) is 17.4 Å². The van der Waals surface area contributed by atoms with Crippen LogP contribution in [0.4, 0.5) is 0 Å². The molecule has 9 heteroatoms. The fraction of sp³-hybridized carbons (Fsp3) is 0.958. The molecule has 0 rings (SSSR count). The van der Waals surface area contributed by atoms with Crippen molar-refractivity contribution in [3.05, 3.63) is 12.2 Å². The van der Waals surface area contributed by atoms with Gasteiger partial charge in [0.1, 0.15) is 13.2 Å². The summed E-state index contributed by atoms with van der Waals surface area (Å²) in [6.45, 7) is 4.72. The smallest absolute Gasteiger partial charge is 0.268 e. The number of nitrogens with zero attached hydrogens (tertiary/aromatic N) is 1. The quantitative estimate of drug-likeness (QED) is 0.0272. The number of likely N-dealkylation sites (N-methyl/N-ethyl adjacent to an activating group) is 1. The van der Waals surface area contributed by atoms with Crippen LogP contribution in [-0.4, -0.2) is 68.5 Å². The molecule has 3 atom stereocenters. The third-order valence-electron chi connectivity index (χ3n) is 17.0.